The van der Waals surface area contributed by atoms with Gasteiger partial charge in [0, 0.05) is 6.08 Å². The zero-order valence-electron chi connectivity index (χ0n) is 8.49. The van der Waals surface area contributed by atoms with Gasteiger partial charge in [-0.3, -0.25) is 4.79 Å². The lowest BCUT2D eigenvalue weighted by atomic mass is 10.1. The van der Waals surface area contributed by atoms with Crippen LogP contribution in [-0.4, -0.2) is 12.3 Å². The van der Waals surface area contributed by atoms with Crippen LogP contribution in [0.3, 0.4) is 0 Å². The number of hydrogen-bond donors (Lipinski definition) is 1. The van der Waals surface area contributed by atoms with Crippen LogP contribution < -0.4 is 10.1 Å². The second kappa shape index (κ2) is 4.12. The van der Waals surface area contributed by atoms with Crippen LogP contribution in [0.25, 0.3) is 0 Å². The summed E-state index contributed by atoms with van der Waals surface area (Å²) in [5.74, 6) is -0.500. The van der Waals surface area contributed by atoms with Crippen molar-refractivity contribution in [3.63, 3.8) is 0 Å². The van der Waals surface area contributed by atoms with Gasteiger partial charge in [-0.05, 0) is 17.7 Å². The number of nitrogens with one attached hydrogen (secondary N) is 1. The van der Waals surface area contributed by atoms with E-state index in [0.29, 0.717) is 5.56 Å². The van der Waals surface area contributed by atoms with E-state index >= 15 is 0 Å². The van der Waals surface area contributed by atoms with Crippen LogP contribution in [0.4, 0.5) is 13.2 Å². The summed E-state index contributed by atoms with van der Waals surface area (Å²) >= 11 is 0. The Morgan fingerprint density at radius 2 is 1.82 bits per heavy atom. The van der Waals surface area contributed by atoms with Crippen LogP contribution in [0.1, 0.15) is 11.6 Å². The molecular weight excluding hydrogens is 235 g/mol. The predicted molar refractivity (Wildman–Crippen MR) is 53.1 cm³/mol. The molecule has 17 heavy (non-hydrogen) atoms. The number of rotatable bonds is 2. The summed E-state index contributed by atoms with van der Waals surface area (Å²) in [6.07, 6.45) is -1.67. The fraction of sp³-hybridized carbons (Fsp3) is 0.182. The van der Waals surface area contributed by atoms with Gasteiger partial charge in [0.15, 0.2) is 0 Å². The predicted octanol–water partition coefficient (Wildman–Crippen LogP) is 2.31. The fourth-order valence-corrected chi connectivity index (χ4v) is 1.50. The van der Waals surface area contributed by atoms with E-state index in [9.17, 15) is 18.0 Å². The first-order chi connectivity index (χ1) is 7.94. The minimum absolute atomic E-state index is 0.217. The smallest absolute Gasteiger partial charge is 0.406 e. The normalized spacial score (nSPS) is 19.2. The molecule has 0 aromatic heterocycles. The molecule has 0 aliphatic carbocycles. The topological polar surface area (TPSA) is 38.3 Å². The van der Waals surface area contributed by atoms with E-state index in [2.05, 4.69) is 10.1 Å². The molecule has 1 aliphatic rings. The van der Waals surface area contributed by atoms with Gasteiger partial charge in [-0.1, -0.05) is 18.2 Å². The first-order valence-corrected chi connectivity index (χ1v) is 4.78. The Morgan fingerprint density at radius 1 is 1.18 bits per heavy atom. The lowest BCUT2D eigenvalue weighted by Crippen LogP contribution is -2.19. The van der Waals surface area contributed by atoms with E-state index < -0.39 is 6.36 Å². The minimum Gasteiger partial charge on any atom is -0.406 e. The third-order valence-corrected chi connectivity index (χ3v) is 2.21. The van der Waals surface area contributed by atoms with Crippen LogP contribution in [0.2, 0.25) is 0 Å². The van der Waals surface area contributed by atoms with Crippen molar-refractivity contribution in [2.45, 2.75) is 12.4 Å². The van der Waals surface area contributed by atoms with Crippen molar-refractivity contribution in [1.29, 1.82) is 0 Å². The SMILES string of the molecule is O=C1C=CC(c2ccc(OC(F)(F)F)cc2)N1. The maximum Gasteiger partial charge on any atom is 0.573 e. The Hall–Kier alpha value is -1.98. The van der Waals surface area contributed by atoms with Crippen molar-refractivity contribution in [1.82, 2.24) is 5.32 Å². The molecular formula is C11H8F3NO2. The Labute approximate surface area is 94.9 Å². The van der Waals surface area contributed by atoms with Crippen LogP contribution in [0.5, 0.6) is 5.75 Å². The molecule has 1 aliphatic heterocycles. The number of amides is 1. The average Bonchev–Trinajstić information content (AvgIpc) is 2.63. The molecule has 1 heterocycles. The molecule has 0 spiro atoms. The van der Waals surface area contributed by atoms with Crippen LogP contribution in [0.15, 0.2) is 36.4 Å². The van der Waals surface area contributed by atoms with Gasteiger partial charge >= 0.3 is 6.36 Å². The quantitative estimate of drug-likeness (QED) is 0.865. The van der Waals surface area contributed by atoms with Crippen molar-refractivity contribution in [3.05, 3.63) is 42.0 Å². The van der Waals surface area contributed by atoms with Crippen molar-refractivity contribution in [3.8, 4) is 5.75 Å². The first kappa shape index (κ1) is 11.5. The summed E-state index contributed by atoms with van der Waals surface area (Å²) in [6.45, 7) is 0. The average molecular weight is 243 g/mol. The molecule has 6 heteroatoms. The van der Waals surface area contributed by atoms with E-state index in [4.69, 9.17) is 0 Å². The second-order valence-electron chi connectivity index (χ2n) is 3.46. The molecule has 90 valence electrons. The van der Waals surface area contributed by atoms with Crippen LogP contribution in [-0.2, 0) is 4.79 Å². The lowest BCUT2D eigenvalue weighted by molar-refractivity contribution is -0.274. The number of benzene rings is 1. The maximum atomic E-state index is 11.9. The Bertz CT molecular complexity index is 451. The van der Waals surface area contributed by atoms with Gasteiger partial charge in [0.2, 0.25) is 5.91 Å². The monoisotopic (exact) mass is 243 g/mol. The van der Waals surface area contributed by atoms with E-state index in [0.717, 1.165) is 0 Å². The highest BCUT2D eigenvalue weighted by Gasteiger charge is 2.31. The molecule has 0 saturated heterocycles. The summed E-state index contributed by atoms with van der Waals surface area (Å²) in [4.78, 5) is 10.9. The van der Waals surface area contributed by atoms with Crippen molar-refractivity contribution in [2.75, 3.05) is 0 Å². The van der Waals surface area contributed by atoms with E-state index in [1.54, 1.807) is 6.08 Å². The highest BCUT2D eigenvalue weighted by Crippen LogP contribution is 2.25. The van der Waals surface area contributed by atoms with Gasteiger partial charge in [0.1, 0.15) is 5.75 Å². The van der Waals surface area contributed by atoms with Gasteiger partial charge in [-0.2, -0.15) is 0 Å². The highest BCUT2D eigenvalue weighted by atomic mass is 19.4. The summed E-state index contributed by atoms with van der Waals surface area (Å²) < 4.78 is 39.4. The van der Waals surface area contributed by atoms with Crippen molar-refractivity contribution in [2.24, 2.45) is 0 Å². The van der Waals surface area contributed by atoms with Gasteiger partial charge in [0.05, 0.1) is 6.04 Å². The summed E-state index contributed by atoms with van der Waals surface area (Å²) in [5, 5.41) is 2.62. The molecule has 3 nitrogen and oxygen atoms in total. The molecule has 1 N–H and O–H groups in total. The zero-order valence-corrected chi connectivity index (χ0v) is 8.49. The van der Waals surface area contributed by atoms with Gasteiger partial charge in [-0.15, -0.1) is 13.2 Å². The number of ether oxygens (including phenoxy) is 1. The number of carbonyl (C=O) groups excluding carboxylic acids is 1. The summed E-state index contributed by atoms with van der Waals surface area (Å²) in [5.41, 5.74) is 0.696. The van der Waals surface area contributed by atoms with E-state index in [1.807, 2.05) is 0 Å². The summed E-state index contributed by atoms with van der Waals surface area (Å²) in [7, 11) is 0. The second-order valence-corrected chi connectivity index (χ2v) is 3.46. The molecule has 0 radical (unpaired) electrons. The Balaban J connectivity index is 2.08. The number of hydrogen-bond acceptors (Lipinski definition) is 2. The third-order valence-electron chi connectivity index (χ3n) is 2.21. The van der Waals surface area contributed by atoms with Crippen molar-refractivity contribution >= 4 is 5.91 Å². The standard InChI is InChI=1S/C11H8F3NO2/c12-11(13,14)17-8-3-1-7(2-4-8)9-5-6-10(16)15-9/h1-6,9H,(H,15,16). The molecule has 1 amide bonds. The number of halogens is 3. The highest BCUT2D eigenvalue weighted by molar-refractivity contribution is 5.90. The number of alkyl halides is 3. The largest absolute Gasteiger partial charge is 0.573 e. The molecule has 2 rings (SSSR count). The van der Waals surface area contributed by atoms with Crippen LogP contribution >= 0.6 is 0 Å². The first-order valence-electron chi connectivity index (χ1n) is 4.78. The molecule has 0 bridgehead atoms. The van der Waals surface area contributed by atoms with Gasteiger partial charge in [0.25, 0.3) is 0 Å². The Morgan fingerprint density at radius 3 is 2.29 bits per heavy atom. The van der Waals surface area contributed by atoms with Gasteiger partial charge < -0.3 is 10.1 Å². The molecule has 1 unspecified atom stereocenters. The fourth-order valence-electron chi connectivity index (χ4n) is 1.50. The molecule has 0 fully saturated rings. The van der Waals surface area contributed by atoms with Crippen LogP contribution in [0, 0.1) is 0 Å². The maximum absolute atomic E-state index is 11.9. The van der Waals surface area contributed by atoms with Gasteiger partial charge in [-0.25, -0.2) is 0 Å². The number of carbonyl (C=O) groups is 1. The molecule has 1 aromatic rings. The molecule has 1 aromatic carbocycles. The third kappa shape index (κ3) is 2.99. The Kier molecular flexibility index (Phi) is 2.79. The molecule has 0 saturated carbocycles. The van der Waals surface area contributed by atoms with E-state index in [1.165, 1.54) is 30.3 Å². The minimum atomic E-state index is -4.69. The lowest BCUT2D eigenvalue weighted by Gasteiger charge is -2.12. The zero-order chi connectivity index (χ0) is 12.5. The molecule has 1 atom stereocenters. The summed E-state index contributed by atoms with van der Waals surface area (Å²) in [6, 6.07) is 5.08. The van der Waals surface area contributed by atoms with Crippen molar-refractivity contribution < 1.29 is 22.7 Å². The van der Waals surface area contributed by atoms with E-state index in [-0.39, 0.29) is 17.7 Å².